The largest absolute Gasteiger partial charge is 0.222 e. The van der Waals surface area contributed by atoms with Gasteiger partial charge in [0, 0.05) is 18.6 Å². The van der Waals surface area contributed by atoms with Crippen LogP contribution >= 0.6 is 0 Å². The molecule has 3 rings (SSSR count). The Balaban J connectivity index is 0.000000368. The highest BCUT2D eigenvalue weighted by Gasteiger charge is 2.49. The summed E-state index contributed by atoms with van der Waals surface area (Å²) in [5.74, 6) is 0.622. The van der Waals surface area contributed by atoms with E-state index < -0.39 is 10.2 Å². The predicted molar refractivity (Wildman–Crippen MR) is 81.8 cm³/mol. The SMILES string of the molecule is CC1=[N+](C)c2ccc(C(C)C)cc2C12CCCCC2.[O-][Cl+3]([O-])([O-])[O-]. The molecule has 5 nitrogen and oxygen atoms in total. The van der Waals surface area contributed by atoms with Gasteiger partial charge in [0.25, 0.3) is 0 Å². The molecule has 1 aliphatic carbocycles. The Hall–Kier alpha value is -0.980. The topological polar surface area (TPSA) is 95.2 Å². The van der Waals surface area contributed by atoms with E-state index >= 15 is 0 Å². The van der Waals surface area contributed by atoms with Crippen LogP contribution in [0, 0.1) is 10.2 Å². The van der Waals surface area contributed by atoms with Crippen molar-refractivity contribution in [1.82, 2.24) is 0 Å². The number of rotatable bonds is 1. The van der Waals surface area contributed by atoms with E-state index in [4.69, 9.17) is 18.6 Å². The summed E-state index contributed by atoms with van der Waals surface area (Å²) in [5, 5.41) is 0. The van der Waals surface area contributed by atoms with Gasteiger partial charge in [-0.15, -0.1) is 10.2 Å². The van der Waals surface area contributed by atoms with Gasteiger partial charge in [-0.25, -0.2) is 23.2 Å². The minimum Gasteiger partial charge on any atom is -0.222 e. The van der Waals surface area contributed by atoms with Crippen LogP contribution in [0.5, 0.6) is 0 Å². The summed E-state index contributed by atoms with van der Waals surface area (Å²) in [6.45, 7) is 6.94. The molecule has 1 saturated carbocycles. The van der Waals surface area contributed by atoms with Crippen LogP contribution in [0.25, 0.3) is 0 Å². The van der Waals surface area contributed by atoms with Crippen molar-refractivity contribution >= 4 is 11.4 Å². The van der Waals surface area contributed by atoms with Gasteiger partial charge < -0.3 is 0 Å². The molecular weight excluding hydrogens is 330 g/mol. The van der Waals surface area contributed by atoms with Crippen molar-refractivity contribution in [1.29, 1.82) is 0 Å². The first-order chi connectivity index (χ1) is 11.1. The number of fused-ring (bicyclic) bond motifs is 2. The zero-order valence-electron chi connectivity index (χ0n) is 14.8. The molecule has 0 bridgehead atoms. The summed E-state index contributed by atoms with van der Waals surface area (Å²) < 4.78 is 36.4. The normalized spacial score (nSPS) is 19.4. The zero-order chi connectivity index (χ0) is 18.1. The molecule has 1 spiro atoms. The Morgan fingerprint density at radius 1 is 1.04 bits per heavy atom. The summed E-state index contributed by atoms with van der Waals surface area (Å²) in [6.07, 6.45) is 6.88. The summed E-state index contributed by atoms with van der Waals surface area (Å²) in [4.78, 5) is 0. The van der Waals surface area contributed by atoms with Crippen LogP contribution in [0.4, 0.5) is 5.69 Å². The molecule has 0 unspecified atom stereocenters. The van der Waals surface area contributed by atoms with Gasteiger partial charge in [-0.1, -0.05) is 39.2 Å². The first-order valence-electron chi connectivity index (χ1n) is 8.40. The molecule has 1 aliphatic heterocycles. The van der Waals surface area contributed by atoms with Crippen LogP contribution < -0.4 is 18.6 Å². The Morgan fingerprint density at radius 2 is 1.58 bits per heavy atom. The third kappa shape index (κ3) is 3.98. The Kier molecular flexibility index (Phi) is 5.72. The molecule has 1 fully saturated rings. The lowest BCUT2D eigenvalue weighted by Crippen LogP contribution is -2.68. The molecule has 0 aromatic heterocycles. The molecule has 0 atom stereocenters. The molecule has 1 heterocycles. The number of nitrogens with zero attached hydrogens (tertiary/aromatic N) is 1. The van der Waals surface area contributed by atoms with Crippen molar-refractivity contribution in [2.24, 2.45) is 0 Å². The van der Waals surface area contributed by atoms with Crippen molar-refractivity contribution in [3.05, 3.63) is 29.3 Å². The van der Waals surface area contributed by atoms with Crippen molar-refractivity contribution in [2.75, 3.05) is 7.05 Å². The fourth-order valence-electron chi connectivity index (χ4n) is 4.07. The van der Waals surface area contributed by atoms with E-state index in [1.165, 1.54) is 43.4 Å². The molecule has 0 radical (unpaired) electrons. The van der Waals surface area contributed by atoms with Crippen molar-refractivity contribution < 1.29 is 33.5 Å². The summed E-state index contributed by atoms with van der Waals surface area (Å²) in [6, 6.07) is 7.16. The minimum absolute atomic E-state index is 0.354. The van der Waals surface area contributed by atoms with Gasteiger partial charge in [-0.2, -0.15) is 0 Å². The van der Waals surface area contributed by atoms with Gasteiger partial charge in [0.1, 0.15) is 7.05 Å². The lowest BCUT2D eigenvalue weighted by molar-refractivity contribution is -2.00. The molecule has 0 N–H and O–H groups in total. The van der Waals surface area contributed by atoms with E-state index in [9.17, 15) is 0 Å². The summed E-state index contributed by atoms with van der Waals surface area (Å²) in [5.41, 5.74) is 6.48. The molecule has 1 aromatic rings. The summed E-state index contributed by atoms with van der Waals surface area (Å²) in [7, 11) is -2.70. The molecule has 24 heavy (non-hydrogen) atoms. The fraction of sp³-hybridized carbons (Fsp3) is 0.611. The van der Waals surface area contributed by atoms with Crippen LogP contribution in [-0.2, 0) is 5.41 Å². The average Bonchev–Trinajstić information content (AvgIpc) is 2.69. The first-order valence-corrected chi connectivity index (χ1v) is 9.63. The van der Waals surface area contributed by atoms with E-state index in [1.54, 1.807) is 11.3 Å². The smallest absolute Gasteiger partial charge is 0.209 e. The minimum atomic E-state index is -4.94. The molecule has 2 aliphatic rings. The van der Waals surface area contributed by atoms with Gasteiger partial charge in [0.2, 0.25) is 5.69 Å². The highest BCUT2D eigenvalue weighted by atomic mass is 35.7. The second-order valence-corrected chi connectivity index (χ2v) is 7.85. The second-order valence-electron chi connectivity index (χ2n) is 7.10. The number of hydrogen-bond donors (Lipinski definition) is 0. The quantitative estimate of drug-likeness (QED) is 0.663. The molecular formula is C18H26ClNO4. The van der Waals surface area contributed by atoms with Crippen LogP contribution in [0.1, 0.15) is 69.9 Å². The van der Waals surface area contributed by atoms with Crippen molar-refractivity contribution in [3.63, 3.8) is 0 Å². The monoisotopic (exact) mass is 355 g/mol. The van der Waals surface area contributed by atoms with Gasteiger partial charge in [-0.3, -0.25) is 0 Å². The van der Waals surface area contributed by atoms with Crippen molar-refractivity contribution in [3.8, 4) is 0 Å². The maximum atomic E-state index is 8.49. The van der Waals surface area contributed by atoms with Gasteiger partial charge in [0.05, 0.1) is 5.41 Å². The van der Waals surface area contributed by atoms with Crippen molar-refractivity contribution in [2.45, 2.75) is 64.2 Å². The highest BCUT2D eigenvalue weighted by Crippen LogP contribution is 2.48. The van der Waals surface area contributed by atoms with Crippen LogP contribution in [0.2, 0.25) is 0 Å². The summed E-state index contributed by atoms with van der Waals surface area (Å²) >= 11 is 0. The molecule has 0 amide bonds. The first kappa shape index (κ1) is 19.3. The Morgan fingerprint density at radius 3 is 2.08 bits per heavy atom. The van der Waals surface area contributed by atoms with E-state index in [0.29, 0.717) is 11.3 Å². The Labute approximate surface area is 146 Å². The number of halogens is 1. The molecule has 1 aromatic carbocycles. The highest BCUT2D eigenvalue weighted by molar-refractivity contribution is 5.94. The van der Waals surface area contributed by atoms with E-state index in [-0.39, 0.29) is 0 Å². The standard InChI is InChI=1S/C18H26N.ClHO4/c1-13(2)15-8-9-17-16(12-15)18(14(3)19(17)4)10-6-5-7-11-18;2-1(3,4)5/h8-9,12-13H,5-7,10-11H2,1-4H3;(H,2,3,4,5)/q+1;/p-1. The third-order valence-electron chi connectivity index (χ3n) is 5.47. The van der Waals surface area contributed by atoms with Gasteiger partial charge in [0.15, 0.2) is 5.71 Å². The van der Waals surface area contributed by atoms with Gasteiger partial charge in [-0.05, 0) is 30.4 Å². The molecule has 134 valence electrons. The molecule has 6 heteroatoms. The third-order valence-corrected chi connectivity index (χ3v) is 5.47. The Bertz CT molecular complexity index is 622. The van der Waals surface area contributed by atoms with Crippen LogP contribution in [0.3, 0.4) is 0 Å². The lowest BCUT2D eigenvalue weighted by atomic mass is 9.67. The fourth-order valence-corrected chi connectivity index (χ4v) is 4.07. The zero-order valence-corrected chi connectivity index (χ0v) is 15.6. The van der Waals surface area contributed by atoms with Gasteiger partial charge >= 0.3 is 0 Å². The van der Waals surface area contributed by atoms with Crippen LogP contribution in [-0.4, -0.2) is 17.3 Å². The van der Waals surface area contributed by atoms with E-state index in [2.05, 4.69) is 50.6 Å². The average molecular weight is 356 g/mol. The lowest BCUT2D eigenvalue weighted by Gasteiger charge is -2.31. The molecule has 0 saturated heterocycles. The number of hydrogen-bond acceptors (Lipinski definition) is 4. The van der Waals surface area contributed by atoms with E-state index in [0.717, 1.165) is 0 Å². The maximum Gasteiger partial charge on any atom is 0.209 e. The van der Waals surface area contributed by atoms with Crippen LogP contribution in [0.15, 0.2) is 18.2 Å². The second kappa shape index (κ2) is 7.10. The number of benzene rings is 1. The van der Waals surface area contributed by atoms with E-state index in [1.807, 2.05) is 0 Å². The maximum absolute atomic E-state index is 8.49. The predicted octanol–water partition coefficient (Wildman–Crippen LogP) is 0.00420.